The first-order chi connectivity index (χ1) is 10.0. The lowest BCUT2D eigenvalue weighted by Crippen LogP contribution is -2.20. The molecule has 1 amide bonds. The van der Waals surface area contributed by atoms with E-state index in [2.05, 4.69) is 21.2 Å². The zero-order valence-corrected chi connectivity index (χ0v) is 13.3. The zero-order valence-electron chi connectivity index (χ0n) is 11.7. The number of nitrogens with one attached hydrogen (secondary N) is 1. The Labute approximate surface area is 132 Å². The molecule has 5 heteroatoms. The van der Waals surface area contributed by atoms with E-state index in [4.69, 9.17) is 10.5 Å². The molecule has 0 saturated carbocycles. The van der Waals surface area contributed by atoms with Crippen molar-refractivity contribution in [2.75, 3.05) is 11.9 Å². The number of hydrogen-bond acceptors (Lipinski definition) is 3. The summed E-state index contributed by atoms with van der Waals surface area (Å²) in [6.07, 6.45) is 0. The summed E-state index contributed by atoms with van der Waals surface area (Å²) in [4.78, 5) is 11.8. The van der Waals surface area contributed by atoms with Crippen LogP contribution in [0.25, 0.3) is 0 Å². The van der Waals surface area contributed by atoms with Gasteiger partial charge in [0.25, 0.3) is 5.91 Å². The molecule has 0 saturated heterocycles. The number of hydrogen-bond donors (Lipinski definition) is 2. The lowest BCUT2D eigenvalue weighted by Gasteiger charge is -2.09. The van der Waals surface area contributed by atoms with Crippen molar-refractivity contribution >= 4 is 27.5 Å². The van der Waals surface area contributed by atoms with Crippen molar-refractivity contribution in [3.05, 3.63) is 58.6 Å². The lowest BCUT2D eigenvalue weighted by molar-refractivity contribution is -0.118. The molecular weight excluding hydrogens is 332 g/mol. The van der Waals surface area contributed by atoms with E-state index < -0.39 is 0 Å². The number of anilines is 1. The number of halogens is 1. The molecule has 0 aromatic heterocycles. The van der Waals surface area contributed by atoms with Gasteiger partial charge in [0, 0.05) is 16.2 Å². The number of carbonyl (C=O) groups is 1. The highest BCUT2D eigenvalue weighted by Crippen LogP contribution is 2.16. The maximum Gasteiger partial charge on any atom is 0.262 e. The third-order valence-electron chi connectivity index (χ3n) is 2.90. The fourth-order valence-corrected chi connectivity index (χ4v) is 2.01. The first-order valence-corrected chi connectivity index (χ1v) is 7.37. The highest BCUT2D eigenvalue weighted by atomic mass is 79.9. The monoisotopic (exact) mass is 348 g/mol. The predicted molar refractivity (Wildman–Crippen MR) is 87.3 cm³/mol. The maximum absolute atomic E-state index is 11.8. The van der Waals surface area contributed by atoms with Crippen molar-refractivity contribution in [3.8, 4) is 5.75 Å². The molecule has 1 atom stereocenters. The van der Waals surface area contributed by atoms with Crippen molar-refractivity contribution in [2.45, 2.75) is 13.0 Å². The molecule has 0 aliphatic heterocycles. The van der Waals surface area contributed by atoms with Crippen LogP contribution in [0.1, 0.15) is 18.5 Å². The summed E-state index contributed by atoms with van der Waals surface area (Å²) in [5.74, 6) is 0.443. The number of ether oxygens (including phenoxy) is 1. The summed E-state index contributed by atoms with van der Waals surface area (Å²) < 4.78 is 6.40. The Morgan fingerprint density at radius 3 is 2.38 bits per heavy atom. The van der Waals surface area contributed by atoms with Crippen LogP contribution in [-0.4, -0.2) is 12.5 Å². The van der Waals surface area contributed by atoms with Crippen LogP contribution in [0.5, 0.6) is 5.75 Å². The molecule has 0 aliphatic rings. The van der Waals surface area contributed by atoms with Gasteiger partial charge in [-0.2, -0.15) is 0 Å². The summed E-state index contributed by atoms with van der Waals surface area (Å²) >= 11 is 3.34. The van der Waals surface area contributed by atoms with Crippen LogP contribution in [0.2, 0.25) is 0 Å². The third-order valence-corrected chi connectivity index (χ3v) is 3.43. The van der Waals surface area contributed by atoms with Crippen LogP contribution in [0.3, 0.4) is 0 Å². The molecule has 0 aliphatic carbocycles. The average molecular weight is 349 g/mol. The largest absolute Gasteiger partial charge is 0.484 e. The molecule has 3 N–H and O–H groups in total. The van der Waals surface area contributed by atoms with Gasteiger partial charge in [0.05, 0.1) is 0 Å². The SMILES string of the molecule is C[C@H](N)c1ccc(OCC(=O)Nc2ccc(Br)cc2)cc1. The second-order valence-electron chi connectivity index (χ2n) is 4.70. The van der Waals surface area contributed by atoms with E-state index in [1.807, 2.05) is 55.5 Å². The van der Waals surface area contributed by atoms with E-state index in [9.17, 15) is 4.79 Å². The number of benzene rings is 2. The Hall–Kier alpha value is -1.85. The normalized spacial score (nSPS) is 11.8. The molecule has 21 heavy (non-hydrogen) atoms. The maximum atomic E-state index is 11.8. The van der Waals surface area contributed by atoms with Gasteiger partial charge in [-0.05, 0) is 48.9 Å². The Morgan fingerprint density at radius 2 is 1.81 bits per heavy atom. The summed E-state index contributed by atoms with van der Waals surface area (Å²) in [6.45, 7) is 1.88. The second kappa shape index (κ2) is 7.24. The van der Waals surface area contributed by atoms with Crippen LogP contribution in [0.4, 0.5) is 5.69 Å². The van der Waals surface area contributed by atoms with Crippen molar-refractivity contribution in [2.24, 2.45) is 5.73 Å². The first kappa shape index (κ1) is 15.5. The van der Waals surface area contributed by atoms with Gasteiger partial charge in [-0.25, -0.2) is 0 Å². The Balaban J connectivity index is 1.84. The van der Waals surface area contributed by atoms with E-state index in [1.54, 1.807) is 0 Å². The number of carbonyl (C=O) groups excluding carboxylic acids is 1. The Bertz CT molecular complexity index is 595. The molecule has 110 valence electrons. The Morgan fingerprint density at radius 1 is 1.19 bits per heavy atom. The Kier molecular flexibility index (Phi) is 5.36. The zero-order chi connectivity index (χ0) is 15.2. The van der Waals surface area contributed by atoms with Gasteiger partial charge in [0.15, 0.2) is 6.61 Å². The minimum atomic E-state index is -0.200. The molecule has 0 heterocycles. The van der Waals surface area contributed by atoms with Gasteiger partial charge >= 0.3 is 0 Å². The van der Waals surface area contributed by atoms with Gasteiger partial charge in [0.2, 0.25) is 0 Å². The fourth-order valence-electron chi connectivity index (χ4n) is 1.75. The smallest absolute Gasteiger partial charge is 0.262 e. The summed E-state index contributed by atoms with van der Waals surface area (Å²) in [7, 11) is 0. The predicted octanol–water partition coefficient (Wildman–Crippen LogP) is 3.49. The highest BCUT2D eigenvalue weighted by molar-refractivity contribution is 9.10. The van der Waals surface area contributed by atoms with E-state index >= 15 is 0 Å². The van der Waals surface area contributed by atoms with Crippen LogP contribution in [-0.2, 0) is 4.79 Å². The van der Waals surface area contributed by atoms with Gasteiger partial charge in [0.1, 0.15) is 5.75 Å². The molecular formula is C16H17BrN2O2. The molecule has 4 nitrogen and oxygen atoms in total. The number of nitrogens with two attached hydrogens (primary N) is 1. The van der Waals surface area contributed by atoms with Crippen LogP contribution >= 0.6 is 15.9 Å². The molecule has 0 fully saturated rings. The van der Waals surface area contributed by atoms with Crippen molar-refractivity contribution in [3.63, 3.8) is 0 Å². The molecule has 2 aromatic carbocycles. The number of amides is 1. The van der Waals surface area contributed by atoms with E-state index in [-0.39, 0.29) is 18.6 Å². The van der Waals surface area contributed by atoms with Crippen LogP contribution in [0, 0.1) is 0 Å². The minimum absolute atomic E-state index is 0.0141. The summed E-state index contributed by atoms with van der Waals surface area (Å²) in [5.41, 5.74) is 7.54. The quantitative estimate of drug-likeness (QED) is 0.869. The van der Waals surface area contributed by atoms with Crippen molar-refractivity contribution < 1.29 is 9.53 Å². The fraction of sp³-hybridized carbons (Fsp3) is 0.188. The molecule has 2 rings (SSSR count). The number of rotatable bonds is 5. The summed E-state index contributed by atoms with van der Waals surface area (Å²) in [5, 5.41) is 2.76. The van der Waals surface area contributed by atoms with Crippen molar-refractivity contribution in [1.82, 2.24) is 0 Å². The minimum Gasteiger partial charge on any atom is -0.484 e. The van der Waals surface area contributed by atoms with Gasteiger partial charge in [-0.3, -0.25) is 4.79 Å². The topological polar surface area (TPSA) is 64.3 Å². The second-order valence-corrected chi connectivity index (χ2v) is 5.62. The average Bonchev–Trinajstić information content (AvgIpc) is 2.48. The lowest BCUT2D eigenvalue weighted by atomic mass is 10.1. The van der Waals surface area contributed by atoms with Crippen LogP contribution < -0.4 is 15.8 Å². The van der Waals surface area contributed by atoms with Gasteiger partial charge < -0.3 is 15.8 Å². The van der Waals surface area contributed by atoms with Crippen molar-refractivity contribution in [1.29, 1.82) is 0 Å². The summed E-state index contributed by atoms with van der Waals surface area (Å²) in [6, 6.07) is 14.8. The van der Waals surface area contributed by atoms with E-state index in [1.165, 1.54) is 0 Å². The first-order valence-electron chi connectivity index (χ1n) is 6.58. The molecule has 0 unspecified atom stereocenters. The van der Waals surface area contributed by atoms with E-state index in [0.29, 0.717) is 5.75 Å². The third kappa shape index (κ3) is 4.88. The van der Waals surface area contributed by atoms with Gasteiger partial charge in [-0.1, -0.05) is 28.1 Å². The highest BCUT2D eigenvalue weighted by Gasteiger charge is 2.04. The molecule has 0 radical (unpaired) electrons. The van der Waals surface area contributed by atoms with Gasteiger partial charge in [-0.15, -0.1) is 0 Å². The molecule has 0 bridgehead atoms. The van der Waals surface area contributed by atoms with Crippen LogP contribution in [0.15, 0.2) is 53.0 Å². The molecule has 2 aromatic rings. The standard InChI is InChI=1S/C16H17BrN2O2/c1-11(18)12-2-8-15(9-3-12)21-10-16(20)19-14-6-4-13(17)5-7-14/h2-9,11H,10,18H2,1H3,(H,19,20)/t11-/m0/s1. The van der Waals surface area contributed by atoms with E-state index in [0.717, 1.165) is 15.7 Å². The molecule has 0 spiro atoms.